The molecular formula is C25H33Cl2N3O. The van der Waals surface area contributed by atoms with Crippen molar-refractivity contribution in [3.8, 4) is 0 Å². The number of hydrogen-bond acceptors (Lipinski definition) is 2. The first kappa shape index (κ1) is 22.7. The van der Waals surface area contributed by atoms with Gasteiger partial charge in [0, 0.05) is 17.8 Å². The Kier molecular flexibility index (Phi) is 7.30. The van der Waals surface area contributed by atoms with Crippen molar-refractivity contribution >= 4 is 29.9 Å². The number of benzene rings is 1. The van der Waals surface area contributed by atoms with E-state index in [1.807, 2.05) is 24.3 Å². The first-order valence-electron chi connectivity index (χ1n) is 11.7. The van der Waals surface area contributed by atoms with Gasteiger partial charge in [-0.25, -0.2) is 0 Å². The molecule has 1 amide bonds. The van der Waals surface area contributed by atoms with E-state index in [0.29, 0.717) is 18.0 Å². The van der Waals surface area contributed by atoms with Gasteiger partial charge in [0.25, 0.3) is 5.91 Å². The van der Waals surface area contributed by atoms with Crippen LogP contribution in [0.4, 0.5) is 0 Å². The molecule has 6 heteroatoms. The predicted octanol–water partition coefficient (Wildman–Crippen LogP) is 5.77. The summed E-state index contributed by atoms with van der Waals surface area (Å²) in [7, 11) is 0. The topological polar surface area (TPSA) is 28.5 Å². The molecule has 3 aliphatic rings. The second-order valence-corrected chi connectivity index (χ2v) is 9.68. The van der Waals surface area contributed by atoms with Gasteiger partial charge in [-0.1, -0.05) is 36.6 Å². The molecule has 3 heterocycles. The molecular weight excluding hydrogens is 429 g/mol. The van der Waals surface area contributed by atoms with Gasteiger partial charge in [0.15, 0.2) is 0 Å². The van der Waals surface area contributed by atoms with Crippen molar-refractivity contribution in [2.75, 3.05) is 26.2 Å². The van der Waals surface area contributed by atoms with Gasteiger partial charge in [-0.15, -0.1) is 12.4 Å². The minimum atomic E-state index is 0. The summed E-state index contributed by atoms with van der Waals surface area (Å²) in [6, 6.07) is 13.3. The van der Waals surface area contributed by atoms with Crippen molar-refractivity contribution in [1.29, 1.82) is 0 Å². The summed E-state index contributed by atoms with van der Waals surface area (Å²) in [6.45, 7) is 4.28. The Labute approximate surface area is 197 Å². The lowest BCUT2D eigenvalue weighted by molar-refractivity contribution is 0.0422. The van der Waals surface area contributed by atoms with E-state index in [1.165, 1.54) is 37.7 Å². The number of aromatic nitrogens is 1. The van der Waals surface area contributed by atoms with Crippen LogP contribution in [0.5, 0.6) is 0 Å². The van der Waals surface area contributed by atoms with Gasteiger partial charge in [0.1, 0.15) is 5.69 Å². The Balaban J connectivity index is 0.00000231. The van der Waals surface area contributed by atoms with E-state index in [9.17, 15) is 4.79 Å². The summed E-state index contributed by atoms with van der Waals surface area (Å²) in [5.41, 5.74) is 2.31. The number of piperidine rings is 1. The molecule has 2 aromatic rings. The molecule has 2 atom stereocenters. The molecule has 31 heavy (non-hydrogen) atoms. The molecule has 0 bridgehead atoms. The Bertz CT molecular complexity index is 873. The molecule has 0 radical (unpaired) electrons. The van der Waals surface area contributed by atoms with Crippen LogP contribution in [0.3, 0.4) is 0 Å². The second kappa shape index (κ2) is 9.97. The van der Waals surface area contributed by atoms with E-state index in [0.717, 1.165) is 49.7 Å². The number of rotatable bonds is 5. The number of nitrogens with zero attached hydrogens (tertiary/aromatic N) is 3. The highest BCUT2D eigenvalue weighted by molar-refractivity contribution is 6.30. The molecule has 0 N–H and O–H groups in total. The van der Waals surface area contributed by atoms with Crippen molar-refractivity contribution in [3.63, 3.8) is 0 Å². The summed E-state index contributed by atoms with van der Waals surface area (Å²) in [5.74, 6) is 0.891. The molecule has 1 aromatic carbocycles. The van der Waals surface area contributed by atoms with E-state index >= 15 is 0 Å². The van der Waals surface area contributed by atoms with Crippen LogP contribution in [0, 0.1) is 0 Å². The molecule has 5 rings (SSSR count). The van der Waals surface area contributed by atoms with E-state index in [-0.39, 0.29) is 18.3 Å². The number of hydrogen-bond donors (Lipinski definition) is 0. The largest absolute Gasteiger partial charge is 0.338 e. The van der Waals surface area contributed by atoms with Crippen molar-refractivity contribution in [2.24, 2.45) is 0 Å². The number of carbonyl (C=O) groups excluding carboxylic acids is 1. The quantitative estimate of drug-likeness (QED) is 0.564. The molecule has 2 unspecified atom stereocenters. The SMILES string of the molecule is Cl.O=C1c2cccn2C2CCCCC2N1CCCN1CCC(c2ccc(Cl)cc2)CC1. The van der Waals surface area contributed by atoms with Gasteiger partial charge in [-0.05, 0) is 87.5 Å². The van der Waals surface area contributed by atoms with Gasteiger partial charge < -0.3 is 14.4 Å². The van der Waals surface area contributed by atoms with Crippen molar-refractivity contribution in [3.05, 3.63) is 58.9 Å². The summed E-state index contributed by atoms with van der Waals surface area (Å²) >= 11 is 6.03. The summed E-state index contributed by atoms with van der Waals surface area (Å²) in [6.07, 6.45) is 10.5. The first-order valence-corrected chi connectivity index (χ1v) is 12.0. The minimum absolute atomic E-state index is 0. The normalized spacial score (nSPS) is 24.4. The maximum atomic E-state index is 13.1. The predicted molar refractivity (Wildman–Crippen MR) is 128 cm³/mol. The molecule has 1 saturated heterocycles. The van der Waals surface area contributed by atoms with Crippen LogP contribution in [0.2, 0.25) is 5.02 Å². The smallest absolute Gasteiger partial charge is 0.270 e. The fraction of sp³-hybridized carbons (Fsp3) is 0.560. The van der Waals surface area contributed by atoms with Gasteiger partial charge in [0.2, 0.25) is 0 Å². The van der Waals surface area contributed by atoms with Crippen LogP contribution < -0.4 is 0 Å². The monoisotopic (exact) mass is 461 g/mol. The number of likely N-dealkylation sites (tertiary alicyclic amines) is 1. The zero-order chi connectivity index (χ0) is 20.5. The van der Waals surface area contributed by atoms with Gasteiger partial charge >= 0.3 is 0 Å². The molecule has 4 nitrogen and oxygen atoms in total. The number of amides is 1. The summed E-state index contributed by atoms with van der Waals surface area (Å²) < 4.78 is 2.25. The average Bonchev–Trinajstić information content (AvgIpc) is 3.28. The van der Waals surface area contributed by atoms with Gasteiger partial charge in [-0.2, -0.15) is 0 Å². The molecule has 0 spiro atoms. The van der Waals surface area contributed by atoms with Crippen molar-refractivity contribution in [1.82, 2.24) is 14.4 Å². The third kappa shape index (κ3) is 4.67. The molecule has 1 saturated carbocycles. The van der Waals surface area contributed by atoms with E-state index in [1.54, 1.807) is 0 Å². The maximum Gasteiger partial charge on any atom is 0.270 e. The zero-order valence-electron chi connectivity index (χ0n) is 18.1. The molecule has 2 fully saturated rings. The molecule has 1 aromatic heterocycles. The minimum Gasteiger partial charge on any atom is -0.338 e. The number of carbonyl (C=O) groups is 1. The van der Waals surface area contributed by atoms with E-state index in [2.05, 4.69) is 32.7 Å². The zero-order valence-corrected chi connectivity index (χ0v) is 19.7. The van der Waals surface area contributed by atoms with E-state index in [4.69, 9.17) is 11.6 Å². The van der Waals surface area contributed by atoms with Crippen molar-refractivity contribution in [2.45, 2.75) is 62.9 Å². The standard InChI is InChI=1S/C25H32ClN3O.ClH/c26-21-10-8-19(9-11-21)20-12-17-27(18-13-20)14-4-16-29-23-6-2-1-5-22(23)28-15-3-7-24(28)25(29)30;/h3,7-11,15,20,22-23H,1-2,4-6,12-14,16-18H2;1H. The van der Waals surface area contributed by atoms with Crippen LogP contribution in [0.1, 0.15) is 73.0 Å². The summed E-state index contributed by atoms with van der Waals surface area (Å²) in [5, 5.41) is 0.816. The highest BCUT2D eigenvalue weighted by Gasteiger charge is 2.40. The molecule has 2 aliphatic heterocycles. The summed E-state index contributed by atoms with van der Waals surface area (Å²) in [4.78, 5) is 17.9. The van der Waals surface area contributed by atoms with Crippen LogP contribution in [0.25, 0.3) is 0 Å². The lowest BCUT2D eigenvalue weighted by Crippen LogP contribution is -2.52. The highest BCUT2D eigenvalue weighted by atomic mass is 35.5. The van der Waals surface area contributed by atoms with Crippen LogP contribution in [-0.2, 0) is 0 Å². The number of fused-ring (bicyclic) bond motifs is 3. The molecule has 1 aliphatic carbocycles. The third-order valence-electron chi connectivity index (χ3n) is 7.51. The lowest BCUT2D eigenvalue weighted by Gasteiger charge is -2.45. The number of halogens is 2. The fourth-order valence-electron chi connectivity index (χ4n) is 5.90. The molecule has 168 valence electrons. The third-order valence-corrected chi connectivity index (χ3v) is 7.76. The van der Waals surface area contributed by atoms with Crippen LogP contribution >= 0.6 is 24.0 Å². The Morgan fingerprint density at radius 3 is 2.35 bits per heavy atom. The fourth-order valence-corrected chi connectivity index (χ4v) is 6.02. The average molecular weight is 462 g/mol. The Morgan fingerprint density at radius 1 is 0.903 bits per heavy atom. The van der Waals surface area contributed by atoms with Gasteiger partial charge in [-0.3, -0.25) is 4.79 Å². The Hall–Kier alpha value is -1.49. The second-order valence-electron chi connectivity index (χ2n) is 9.24. The highest BCUT2D eigenvalue weighted by Crippen LogP contribution is 2.38. The maximum absolute atomic E-state index is 13.1. The van der Waals surface area contributed by atoms with Crippen molar-refractivity contribution < 1.29 is 4.79 Å². The van der Waals surface area contributed by atoms with Crippen LogP contribution in [-0.4, -0.2) is 52.5 Å². The van der Waals surface area contributed by atoms with Gasteiger partial charge in [0.05, 0.1) is 12.1 Å². The van der Waals surface area contributed by atoms with E-state index < -0.39 is 0 Å². The Morgan fingerprint density at radius 2 is 1.61 bits per heavy atom. The lowest BCUT2D eigenvalue weighted by atomic mass is 9.87. The first-order chi connectivity index (χ1) is 14.7. The van der Waals surface area contributed by atoms with Crippen LogP contribution in [0.15, 0.2) is 42.6 Å².